The first-order chi connectivity index (χ1) is 15.1. The van der Waals surface area contributed by atoms with Crippen LogP contribution in [0.25, 0.3) is 10.8 Å². The summed E-state index contributed by atoms with van der Waals surface area (Å²) in [5.74, 6) is 1.74. The molecule has 3 aliphatic rings. The monoisotopic (exact) mass is 415 g/mol. The summed E-state index contributed by atoms with van der Waals surface area (Å²) in [5, 5.41) is 14.1. The summed E-state index contributed by atoms with van der Waals surface area (Å²) in [7, 11) is 0. The van der Waals surface area contributed by atoms with Gasteiger partial charge >= 0.3 is 0 Å². The van der Waals surface area contributed by atoms with E-state index in [9.17, 15) is 5.11 Å². The number of ether oxygens (including phenoxy) is 2. The van der Waals surface area contributed by atoms with E-state index in [4.69, 9.17) is 9.47 Å². The highest BCUT2D eigenvalue weighted by Gasteiger charge is 2.49. The lowest BCUT2D eigenvalue weighted by Gasteiger charge is -2.45. The summed E-state index contributed by atoms with van der Waals surface area (Å²) in [6.45, 7) is 3.51. The van der Waals surface area contributed by atoms with Crippen molar-refractivity contribution in [3.8, 4) is 11.5 Å². The number of aryl methyl sites for hydroxylation is 1. The quantitative estimate of drug-likeness (QED) is 0.667. The van der Waals surface area contributed by atoms with E-state index < -0.39 is 5.60 Å². The number of aliphatic hydroxyl groups is 1. The fourth-order valence-electron chi connectivity index (χ4n) is 5.93. The van der Waals surface area contributed by atoms with Gasteiger partial charge in [0.15, 0.2) is 11.5 Å². The summed E-state index contributed by atoms with van der Waals surface area (Å²) in [6, 6.07) is 21.7. The van der Waals surface area contributed by atoms with Crippen LogP contribution in [0.2, 0.25) is 0 Å². The fourth-order valence-corrected chi connectivity index (χ4v) is 5.93. The van der Waals surface area contributed by atoms with Crippen LogP contribution in [0.4, 0.5) is 0 Å². The number of hydrogen-bond acceptors (Lipinski definition) is 4. The number of para-hydroxylation sites is 1. The Balaban J connectivity index is 1.20. The van der Waals surface area contributed by atoms with Gasteiger partial charge in [0.05, 0.1) is 5.60 Å². The Labute approximate surface area is 183 Å². The molecule has 3 aromatic carbocycles. The Morgan fingerprint density at radius 3 is 2.55 bits per heavy atom. The summed E-state index contributed by atoms with van der Waals surface area (Å²) >= 11 is 0. The highest BCUT2D eigenvalue weighted by molar-refractivity contribution is 5.83. The molecule has 6 rings (SSSR count). The third-order valence-electron chi connectivity index (χ3n) is 7.50. The summed E-state index contributed by atoms with van der Waals surface area (Å²) in [5.41, 5.74) is 1.43. The van der Waals surface area contributed by atoms with Gasteiger partial charge in [-0.1, -0.05) is 48.5 Å². The molecule has 3 heterocycles. The van der Waals surface area contributed by atoms with Crippen LogP contribution in [0.5, 0.6) is 11.5 Å². The minimum absolute atomic E-state index is 0.0311. The zero-order chi connectivity index (χ0) is 21.0. The van der Waals surface area contributed by atoms with Crippen LogP contribution in [0, 0.1) is 6.92 Å². The molecule has 0 aliphatic carbocycles. The first kappa shape index (κ1) is 19.1. The van der Waals surface area contributed by atoms with Gasteiger partial charge in [0.25, 0.3) is 0 Å². The van der Waals surface area contributed by atoms with E-state index in [1.54, 1.807) is 0 Å². The topological polar surface area (TPSA) is 41.9 Å². The third kappa shape index (κ3) is 3.29. The van der Waals surface area contributed by atoms with Gasteiger partial charge in [-0.25, -0.2) is 0 Å². The molecule has 2 fully saturated rings. The summed E-state index contributed by atoms with van der Waals surface area (Å²) in [4.78, 5) is 2.58. The maximum atomic E-state index is 11.7. The highest BCUT2D eigenvalue weighted by atomic mass is 16.6. The fraction of sp³-hybridized carbons (Fsp3) is 0.407. The molecule has 0 aromatic heterocycles. The van der Waals surface area contributed by atoms with E-state index in [-0.39, 0.29) is 6.10 Å². The van der Waals surface area contributed by atoms with Crippen LogP contribution in [-0.4, -0.2) is 41.3 Å². The number of hydrogen-bond donors (Lipinski definition) is 1. The van der Waals surface area contributed by atoms with Crippen molar-refractivity contribution in [2.45, 2.75) is 56.4 Å². The molecule has 4 nitrogen and oxygen atoms in total. The minimum Gasteiger partial charge on any atom is -0.486 e. The predicted octanol–water partition coefficient (Wildman–Crippen LogP) is 4.80. The van der Waals surface area contributed by atoms with Gasteiger partial charge in [0.2, 0.25) is 0 Å². The Bertz CT molecular complexity index is 1110. The average Bonchev–Trinajstić information content (AvgIpc) is 3.03. The Hall–Kier alpha value is -2.56. The summed E-state index contributed by atoms with van der Waals surface area (Å²) in [6.07, 6.45) is 3.88. The molecule has 160 valence electrons. The van der Waals surface area contributed by atoms with Crippen molar-refractivity contribution >= 4 is 10.8 Å². The molecule has 2 bridgehead atoms. The van der Waals surface area contributed by atoms with Crippen LogP contribution in [0.1, 0.15) is 36.8 Å². The highest BCUT2D eigenvalue weighted by Crippen LogP contribution is 2.46. The molecule has 0 saturated carbocycles. The molecule has 4 heteroatoms. The van der Waals surface area contributed by atoms with Gasteiger partial charge in [0.1, 0.15) is 12.7 Å². The van der Waals surface area contributed by atoms with Crippen molar-refractivity contribution in [1.29, 1.82) is 0 Å². The number of nitrogens with zero attached hydrogens (tertiary/aromatic N) is 1. The van der Waals surface area contributed by atoms with E-state index in [0.717, 1.165) is 54.9 Å². The maximum Gasteiger partial charge on any atom is 0.164 e. The number of piperidine rings is 1. The normalized spacial score (nSPS) is 29.9. The molecule has 2 saturated heterocycles. The number of benzene rings is 3. The zero-order valence-corrected chi connectivity index (χ0v) is 18.0. The Morgan fingerprint density at radius 2 is 1.74 bits per heavy atom. The molecule has 0 radical (unpaired) electrons. The van der Waals surface area contributed by atoms with Crippen molar-refractivity contribution in [1.82, 2.24) is 4.90 Å². The first-order valence-corrected chi connectivity index (χ1v) is 11.5. The van der Waals surface area contributed by atoms with Gasteiger partial charge in [-0.2, -0.15) is 0 Å². The van der Waals surface area contributed by atoms with Gasteiger partial charge in [-0.05, 0) is 66.6 Å². The SMILES string of the molecule is Cc1cccc2c1O[C@@H](CN1C3CCC1CC(O)(c1ccc4ccccc4c1)C3)CO2. The Morgan fingerprint density at radius 1 is 0.968 bits per heavy atom. The molecule has 3 aliphatic heterocycles. The molecule has 3 aromatic rings. The Kier molecular flexibility index (Phi) is 4.48. The second-order valence-corrected chi connectivity index (χ2v) is 9.54. The van der Waals surface area contributed by atoms with Gasteiger partial charge in [-0.15, -0.1) is 0 Å². The number of fused-ring (bicyclic) bond motifs is 4. The molecule has 3 atom stereocenters. The van der Waals surface area contributed by atoms with Crippen molar-refractivity contribution < 1.29 is 14.6 Å². The van der Waals surface area contributed by atoms with Crippen LogP contribution >= 0.6 is 0 Å². The smallest absolute Gasteiger partial charge is 0.164 e. The van der Waals surface area contributed by atoms with Gasteiger partial charge in [-0.3, -0.25) is 4.90 Å². The van der Waals surface area contributed by atoms with E-state index >= 15 is 0 Å². The minimum atomic E-state index is -0.751. The van der Waals surface area contributed by atoms with Crippen molar-refractivity contribution in [2.24, 2.45) is 0 Å². The van der Waals surface area contributed by atoms with Crippen molar-refractivity contribution in [2.75, 3.05) is 13.2 Å². The van der Waals surface area contributed by atoms with Crippen LogP contribution in [0.3, 0.4) is 0 Å². The predicted molar refractivity (Wildman–Crippen MR) is 122 cm³/mol. The largest absolute Gasteiger partial charge is 0.486 e. The van der Waals surface area contributed by atoms with Crippen molar-refractivity contribution in [3.63, 3.8) is 0 Å². The second kappa shape index (κ2) is 7.25. The zero-order valence-electron chi connectivity index (χ0n) is 18.0. The van der Waals surface area contributed by atoms with E-state index in [2.05, 4.69) is 60.4 Å². The lowest BCUT2D eigenvalue weighted by molar-refractivity contribution is -0.0687. The molecular weight excluding hydrogens is 386 g/mol. The molecule has 0 spiro atoms. The molecule has 1 N–H and O–H groups in total. The molecule has 0 amide bonds. The van der Waals surface area contributed by atoms with E-state index in [1.807, 2.05) is 12.1 Å². The molecular formula is C27H29NO3. The van der Waals surface area contributed by atoms with Gasteiger partial charge < -0.3 is 14.6 Å². The van der Waals surface area contributed by atoms with Crippen LogP contribution in [-0.2, 0) is 5.60 Å². The number of rotatable bonds is 3. The second-order valence-electron chi connectivity index (χ2n) is 9.54. The lowest BCUT2D eigenvalue weighted by Crippen LogP contribution is -2.53. The maximum absolute atomic E-state index is 11.7. The van der Waals surface area contributed by atoms with Crippen molar-refractivity contribution in [3.05, 3.63) is 71.8 Å². The average molecular weight is 416 g/mol. The summed E-state index contributed by atoms with van der Waals surface area (Å²) < 4.78 is 12.3. The standard InChI is InChI=1S/C27H29NO3/c1-18-5-4-8-25-26(18)31-24(17-30-25)16-28-22-11-12-23(28)15-27(29,14-22)21-10-9-19-6-2-3-7-20(19)13-21/h2-10,13,22-24,29H,11-12,14-17H2,1H3/t22?,23?,24-,27?/m0/s1. The third-order valence-corrected chi connectivity index (χ3v) is 7.50. The van der Waals surface area contributed by atoms with Gasteiger partial charge in [0, 0.05) is 18.6 Å². The van der Waals surface area contributed by atoms with Crippen LogP contribution < -0.4 is 9.47 Å². The van der Waals surface area contributed by atoms with E-state index in [0.29, 0.717) is 18.7 Å². The molecule has 31 heavy (non-hydrogen) atoms. The lowest BCUT2D eigenvalue weighted by atomic mass is 9.80. The van der Waals surface area contributed by atoms with Crippen LogP contribution in [0.15, 0.2) is 60.7 Å². The van der Waals surface area contributed by atoms with E-state index in [1.165, 1.54) is 10.8 Å². The first-order valence-electron chi connectivity index (χ1n) is 11.5. The molecule has 2 unspecified atom stereocenters.